The van der Waals surface area contributed by atoms with Gasteiger partial charge in [-0.15, -0.1) is 0 Å². The van der Waals surface area contributed by atoms with Crippen LogP contribution in [-0.2, 0) is 4.79 Å². The predicted octanol–water partition coefficient (Wildman–Crippen LogP) is 3.17. The zero-order chi connectivity index (χ0) is 13.0. The molecule has 4 heteroatoms. The second kappa shape index (κ2) is 6.10. The van der Waals surface area contributed by atoms with Crippen molar-refractivity contribution in [2.75, 3.05) is 0 Å². The number of nitrogens with one attached hydrogen (secondary N) is 1. The summed E-state index contributed by atoms with van der Waals surface area (Å²) in [5, 5.41) is 3.54. The van der Waals surface area contributed by atoms with Crippen molar-refractivity contribution in [3.05, 3.63) is 29.3 Å². The minimum absolute atomic E-state index is 0.0678. The number of ether oxygens (including phenoxy) is 1. The molecule has 1 aliphatic rings. The molecule has 3 nitrogen and oxygen atoms in total. The number of hydrogen-bond acceptors (Lipinski definition) is 2. The zero-order valence-electron chi connectivity index (χ0n) is 10.5. The first kappa shape index (κ1) is 13.2. The first-order chi connectivity index (χ1) is 8.66. The van der Waals surface area contributed by atoms with Gasteiger partial charge in [-0.1, -0.05) is 36.6 Å². The van der Waals surface area contributed by atoms with E-state index < -0.39 is 6.10 Å². The Morgan fingerprint density at radius 1 is 1.39 bits per heavy atom. The molecule has 0 bridgehead atoms. The van der Waals surface area contributed by atoms with Crippen LogP contribution in [0.3, 0.4) is 0 Å². The summed E-state index contributed by atoms with van der Waals surface area (Å²) in [5.74, 6) is 0.482. The van der Waals surface area contributed by atoms with E-state index in [1.807, 2.05) is 12.1 Å². The molecule has 1 N–H and O–H groups in total. The summed E-state index contributed by atoms with van der Waals surface area (Å²) < 4.78 is 5.57. The molecule has 0 saturated heterocycles. The van der Waals surface area contributed by atoms with Gasteiger partial charge in [0.2, 0.25) is 0 Å². The molecule has 1 fully saturated rings. The van der Waals surface area contributed by atoms with E-state index in [1.165, 1.54) is 12.8 Å². The van der Waals surface area contributed by atoms with Crippen LogP contribution in [0.2, 0.25) is 5.02 Å². The first-order valence-corrected chi connectivity index (χ1v) is 6.76. The molecule has 1 aliphatic carbocycles. The van der Waals surface area contributed by atoms with Crippen molar-refractivity contribution in [3.63, 3.8) is 0 Å². The highest BCUT2D eigenvalue weighted by Crippen LogP contribution is 2.24. The lowest BCUT2D eigenvalue weighted by atomic mass is 10.2. The number of carbonyl (C=O) groups is 1. The summed E-state index contributed by atoms with van der Waals surface area (Å²) in [6.07, 6.45) is 4.02. The monoisotopic (exact) mass is 267 g/mol. The highest BCUT2D eigenvalue weighted by atomic mass is 35.5. The topological polar surface area (TPSA) is 38.3 Å². The summed E-state index contributed by atoms with van der Waals surface area (Å²) in [5.41, 5.74) is 0. The van der Waals surface area contributed by atoms with Gasteiger partial charge in [-0.3, -0.25) is 4.79 Å². The maximum Gasteiger partial charge on any atom is 0.260 e. The molecule has 1 aromatic carbocycles. The number of benzene rings is 1. The van der Waals surface area contributed by atoms with Gasteiger partial charge < -0.3 is 10.1 Å². The second-order valence-electron chi connectivity index (χ2n) is 4.68. The molecule has 0 spiro atoms. The van der Waals surface area contributed by atoms with Crippen molar-refractivity contribution in [2.24, 2.45) is 0 Å². The molecule has 0 radical (unpaired) electrons. The maximum atomic E-state index is 11.9. The third kappa shape index (κ3) is 3.39. The minimum atomic E-state index is -0.523. The summed E-state index contributed by atoms with van der Waals surface area (Å²) in [4.78, 5) is 11.9. The molecule has 1 saturated carbocycles. The molecule has 98 valence electrons. The normalized spacial score (nSPS) is 17.4. The van der Waals surface area contributed by atoms with Crippen molar-refractivity contribution in [1.82, 2.24) is 5.32 Å². The fourth-order valence-electron chi connectivity index (χ4n) is 2.17. The number of halogens is 1. The van der Waals surface area contributed by atoms with Crippen LogP contribution < -0.4 is 10.1 Å². The molecule has 1 aromatic rings. The van der Waals surface area contributed by atoms with E-state index in [1.54, 1.807) is 19.1 Å². The highest BCUT2D eigenvalue weighted by Gasteiger charge is 2.21. The fourth-order valence-corrected chi connectivity index (χ4v) is 2.35. The van der Waals surface area contributed by atoms with Crippen LogP contribution >= 0.6 is 11.6 Å². The van der Waals surface area contributed by atoms with E-state index in [9.17, 15) is 4.79 Å². The summed E-state index contributed by atoms with van der Waals surface area (Å²) in [6, 6.07) is 7.50. The van der Waals surface area contributed by atoms with Gasteiger partial charge in [0.15, 0.2) is 6.10 Å². The molecule has 1 amide bonds. The third-order valence-electron chi connectivity index (χ3n) is 3.21. The Morgan fingerprint density at radius 2 is 2.06 bits per heavy atom. The average Bonchev–Trinajstić information content (AvgIpc) is 2.84. The van der Waals surface area contributed by atoms with E-state index in [4.69, 9.17) is 16.3 Å². The standard InChI is InChI=1S/C14H18ClNO2/c1-10(14(17)16-11-6-2-3-7-11)18-13-9-5-4-8-12(13)15/h4-5,8-11H,2-3,6-7H2,1H3,(H,16,17). The van der Waals surface area contributed by atoms with Gasteiger partial charge >= 0.3 is 0 Å². The Bertz CT molecular complexity index is 416. The number of carbonyl (C=O) groups excluding carboxylic acids is 1. The van der Waals surface area contributed by atoms with Gasteiger partial charge in [0.05, 0.1) is 5.02 Å². The van der Waals surface area contributed by atoms with Crippen LogP contribution in [0.15, 0.2) is 24.3 Å². The minimum Gasteiger partial charge on any atom is -0.479 e. The van der Waals surface area contributed by atoms with E-state index >= 15 is 0 Å². The largest absolute Gasteiger partial charge is 0.479 e. The predicted molar refractivity (Wildman–Crippen MR) is 71.9 cm³/mol. The van der Waals surface area contributed by atoms with Crippen LogP contribution in [0.4, 0.5) is 0 Å². The van der Waals surface area contributed by atoms with E-state index in [0.29, 0.717) is 16.8 Å². The molecule has 2 rings (SSSR count). The number of para-hydroxylation sites is 1. The van der Waals surface area contributed by atoms with Crippen molar-refractivity contribution in [3.8, 4) is 5.75 Å². The van der Waals surface area contributed by atoms with Crippen LogP contribution in [-0.4, -0.2) is 18.1 Å². The highest BCUT2D eigenvalue weighted by molar-refractivity contribution is 6.32. The van der Waals surface area contributed by atoms with Crippen molar-refractivity contribution >= 4 is 17.5 Å². The van der Waals surface area contributed by atoms with Gasteiger partial charge in [0, 0.05) is 6.04 Å². The number of rotatable bonds is 4. The van der Waals surface area contributed by atoms with E-state index in [2.05, 4.69) is 5.32 Å². The molecule has 0 heterocycles. The lowest BCUT2D eigenvalue weighted by molar-refractivity contribution is -0.127. The van der Waals surface area contributed by atoms with E-state index in [-0.39, 0.29) is 5.91 Å². The first-order valence-electron chi connectivity index (χ1n) is 6.38. The molecule has 18 heavy (non-hydrogen) atoms. The van der Waals surface area contributed by atoms with Gasteiger partial charge in [0.25, 0.3) is 5.91 Å². The van der Waals surface area contributed by atoms with Gasteiger partial charge in [-0.25, -0.2) is 0 Å². The lowest BCUT2D eigenvalue weighted by Crippen LogP contribution is -2.41. The summed E-state index contributed by atoms with van der Waals surface area (Å²) >= 11 is 5.99. The molecule has 1 atom stereocenters. The van der Waals surface area contributed by atoms with Gasteiger partial charge in [0.1, 0.15) is 5.75 Å². The molecular formula is C14H18ClNO2. The Hall–Kier alpha value is -1.22. The molecular weight excluding hydrogens is 250 g/mol. The summed E-state index contributed by atoms with van der Waals surface area (Å²) in [6.45, 7) is 1.74. The van der Waals surface area contributed by atoms with Crippen LogP contribution in [0.1, 0.15) is 32.6 Å². The quantitative estimate of drug-likeness (QED) is 0.910. The Kier molecular flexibility index (Phi) is 4.48. The van der Waals surface area contributed by atoms with Crippen molar-refractivity contribution in [2.45, 2.75) is 44.8 Å². The average molecular weight is 268 g/mol. The van der Waals surface area contributed by atoms with Crippen LogP contribution in [0.25, 0.3) is 0 Å². The van der Waals surface area contributed by atoms with Crippen molar-refractivity contribution < 1.29 is 9.53 Å². The Balaban J connectivity index is 1.89. The lowest BCUT2D eigenvalue weighted by Gasteiger charge is -2.18. The van der Waals surface area contributed by atoms with Gasteiger partial charge in [-0.2, -0.15) is 0 Å². The fraction of sp³-hybridized carbons (Fsp3) is 0.500. The number of amides is 1. The Morgan fingerprint density at radius 3 is 2.72 bits per heavy atom. The second-order valence-corrected chi connectivity index (χ2v) is 5.09. The SMILES string of the molecule is CC(Oc1ccccc1Cl)C(=O)NC1CCCC1. The molecule has 1 unspecified atom stereocenters. The summed E-state index contributed by atoms with van der Waals surface area (Å²) in [7, 11) is 0. The molecule has 0 aromatic heterocycles. The number of hydrogen-bond donors (Lipinski definition) is 1. The van der Waals surface area contributed by atoms with Crippen LogP contribution in [0.5, 0.6) is 5.75 Å². The third-order valence-corrected chi connectivity index (χ3v) is 3.52. The Labute approximate surface area is 112 Å². The maximum absolute atomic E-state index is 11.9. The smallest absolute Gasteiger partial charge is 0.260 e. The van der Waals surface area contributed by atoms with Crippen LogP contribution in [0, 0.1) is 0 Å². The van der Waals surface area contributed by atoms with Gasteiger partial charge in [-0.05, 0) is 31.9 Å². The molecule has 0 aliphatic heterocycles. The van der Waals surface area contributed by atoms with E-state index in [0.717, 1.165) is 12.8 Å². The zero-order valence-corrected chi connectivity index (χ0v) is 11.2. The van der Waals surface area contributed by atoms with Crippen molar-refractivity contribution in [1.29, 1.82) is 0 Å².